The average Bonchev–Trinajstić information content (AvgIpc) is 1.63. The molecule has 12 N–H and O–H groups in total. The summed E-state index contributed by atoms with van der Waals surface area (Å²) in [5.41, 5.74) is 4.06. The van der Waals surface area contributed by atoms with Crippen molar-refractivity contribution in [1.82, 2.24) is 91.5 Å². The Labute approximate surface area is 860 Å². The molecule has 149 heavy (non-hydrogen) atoms. The van der Waals surface area contributed by atoms with Crippen LogP contribution < -0.4 is 61.5 Å². The first-order valence-electron chi connectivity index (χ1n) is 47.7. The van der Waals surface area contributed by atoms with Crippen molar-refractivity contribution in [2.24, 2.45) is 20.6 Å². The van der Waals surface area contributed by atoms with Crippen LogP contribution in [0.3, 0.4) is 0 Å². The SMILES string of the molecule is COc1ccc2c(c1)C(=O)N(C[C@@]1(C#Cc3ccc(C(=NO)N4CCC4)cc3)NC(=O)NC1=O)C2.COc1ccc2c(c1)C(=O)N(C[C@@]1(C#Cc3ccc(C(=NO)N4CCCN(C)CC4)cc3)NC(=O)NC1=O)C2.COc1ccc2c(c1)C(=O)N(C[C@@]1(C#Cc3ccc(C(=NO)N4CCSCC4)cc3)NC(=O)NC1=O)C2.COc1ccc2c(c1)C(=O)N(C[C@@]1(C#Cc3cccc(C(=NO)N4CCN(C)CC4)c3)NC(=O)NC1=O)C2. The van der Waals surface area contributed by atoms with Crippen molar-refractivity contribution in [1.29, 1.82) is 0 Å². The lowest BCUT2D eigenvalue weighted by Gasteiger charge is -2.34. The number of fused-ring (bicyclic) bond motifs is 4. The highest BCUT2D eigenvalue weighted by molar-refractivity contribution is 7.99. The van der Waals surface area contributed by atoms with Crippen LogP contribution in [-0.4, -0.2) is 345 Å². The molecule has 42 nitrogen and oxygen atoms in total. The topological polar surface area (TPSA) is 501 Å². The largest absolute Gasteiger partial charge is 0.497 e. The number of carbonyl (C=O) groups excluding carboxylic acids is 12. The van der Waals surface area contributed by atoms with Gasteiger partial charge in [0.25, 0.3) is 47.3 Å². The molecule has 0 aliphatic carbocycles. The van der Waals surface area contributed by atoms with E-state index in [1.807, 2.05) is 76.0 Å². The normalized spacial score (nSPS) is 21.4. The number of rotatable bonds is 16. The Bertz CT molecular complexity index is 7100. The first-order valence-corrected chi connectivity index (χ1v) is 48.9. The Morgan fingerprint density at radius 3 is 0.866 bits per heavy atom. The van der Waals surface area contributed by atoms with E-state index in [9.17, 15) is 78.4 Å². The van der Waals surface area contributed by atoms with Gasteiger partial charge < -0.3 is 110 Å². The predicted molar refractivity (Wildman–Crippen MR) is 543 cm³/mol. The van der Waals surface area contributed by atoms with Gasteiger partial charge in [0.15, 0.2) is 23.3 Å². The first-order chi connectivity index (χ1) is 72.0. The third kappa shape index (κ3) is 22.4. The number of urea groups is 4. The highest BCUT2D eigenvalue weighted by Crippen LogP contribution is 2.35. The van der Waals surface area contributed by atoms with Crippen LogP contribution >= 0.6 is 11.8 Å². The van der Waals surface area contributed by atoms with Crippen molar-refractivity contribution in [2.45, 2.75) is 61.2 Å². The molecule has 12 aliphatic heterocycles. The van der Waals surface area contributed by atoms with Crippen LogP contribution in [-0.2, 0) is 45.4 Å². The Hall–Kier alpha value is -17.8. The fourth-order valence-electron chi connectivity index (χ4n) is 18.8. The number of hydrogen-bond acceptors (Lipinski definition) is 27. The Morgan fingerprint density at radius 1 is 0.315 bits per heavy atom. The van der Waals surface area contributed by atoms with Crippen molar-refractivity contribution in [3.05, 3.63) is 259 Å². The molecule has 8 aromatic rings. The zero-order valence-electron chi connectivity index (χ0n) is 82.1. The smallest absolute Gasteiger partial charge is 0.323 e. The van der Waals surface area contributed by atoms with Gasteiger partial charge in [0.2, 0.25) is 22.2 Å². The molecule has 12 heterocycles. The van der Waals surface area contributed by atoms with Gasteiger partial charge >= 0.3 is 24.1 Å². The van der Waals surface area contributed by atoms with E-state index in [1.54, 1.807) is 127 Å². The molecule has 20 rings (SSSR count). The summed E-state index contributed by atoms with van der Waals surface area (Å²) in [6.45, 7) is 10.5. The van der Waals surface area contributed by atoms with Crippen LogP contribution in [0.5, 0.6) is 23.0 Å². The lowest BCUT2D eigenvalue weighted by atomic mass is 9.98. The van der Waals surface area contributed by atoms with Gasteiger partial charge in [0.1, 0.15) is 23.0 Å². The molecule has 8 aromatic carbocycles. The number of amides is 16. The van der Waals surface area contributed by atoms with Gasteiger partial charge in [0, 0.05) is 176 Å². The second-order valence-corrected chi connectivity index (χ2v) is 38.1. The van der Waals surface area contributed by atoms with Crippen LogP contribution in [0.4, 0.5) is 19.2 Å². The van der Waals surface area contributed by atoms with Gasteiger partial charge in [-0.1, -0.05) is 104 Å². The molecule has 8 saturated heterocycles. The van der Waals surface area contributed by atoms with E-state index in [1.165, 1.54) is 48.0 Å². The number of nitrogens with zero attached hydrogens (tertiary/aromatic N) is 14. The Morgan fingerprint density at radius 2 is 0.584 bits per heavy atom. The molecule has 12 aliphatic rings. The van der Waals surface area contributed by atoms with E-state index >= 15 is 0 Å². The third-order valence-electron chi connectivity index (χ3n) is 27.2. The molecule has 0 saturated carbocycles. The van der Waals surface area contributed by atoms with E-state index in [4.69, 9.17) is 18.9 Å². The maximum absolute atomic E-state index is 13.1. The summed E-state index contributed by atoms with van der Waals surface area (Å²) in [5.74, 6) is 26.1. The summed E-state index contributed by atoms with van der Waals surface area (Å²) in [7, 11) is 10.2. The highest BCUT2D eigenvalue weighted by atomic mass is 32.2. The van der Waals surface area contributed by atoms with E-state index < -0.39 is 69.9 Å². The molecule has 16 amide bonds. The summed E-state index contributed by atoms with van der Waals surface area (Å²) in [5, 5.41) is 71.8. The summed E-state index contributed by atoms with van der Waals surface area (Å²) in [6.07, 6.45) is 2.02. The van der Waals surface area contributed by atoms with E-state index in [-0.39, 0.29) is 69.4 Å². The maximum atomic E-state index is 13.1. The molecule has 0 spiro atoms. The number of piperazine rings is 1. The minimum Gasteiger partial charge on any atom is -0.497 e. The zero-order valence-corrected chi connectivity index (χ0v) is 82.9. The monoisotopic (exact) mass is 2040 g/mol. The molecule has 0 radical (unpaired) electrons. The van der Waals surface area contributed by atoms with Gasteiger partial charge in [-0.15, -0.1) is 0 Å². The van der Waals surface area contributed by atoms with Crippen LogP contribution in [0.1, 0.15) is 121 Å². The van der Waals surface area contributed by atoms with Crippen LogP contribution in [0.25, 0.3) is 0 Å². The van der Waals surface area contributed by atoms with E-state index in [0.717, 1.165) is 142 Å². The molecule has 8 fully saturated rings. The standard InChI is InChI=1S/C28H30N6O5.C27H28N6O5.C26H25N5O5S.C25H23N5O5/c1-32-12-3-13-33(15-14-32)24(31-38)20-6-4-19(5-7-20)10-11-28(26(36)29-27(37)30-28)18-34-17-21-8-9-22(39-2)16-23(21)25(34)35;1-31-10-12-32(13-11-31)23(30-37)19-5-3-4-18(14-19)8-9-27(25(35)28-26(36)29-27)17-33-16-20-6-7-21(38-2)15-22(20)24(33)34;1-36-20-7-6-19-15-31(23(32)21(19)14-20)16-26(24(33)27-25(34)28-26)9-8-17-2-4-18(5-3-17)22(29-35)30-10-12-37-13-11-30;1-35-19-8-7-18-14-30(22(31)20(18)13-19)15-25(23(32)26-24(33)27-25)10-9-16-3-5-17(6-4-16)21(28-34)29-11-2-12-29/h4-9,16,38H,3,12-15,17-18H2,1-2H3,(H2,29,30,36,37);3-7,14-15,37H,10-13,16-17H2,1-2H3,(H2,28,29,35,36);2-7,14,35H,10-13,15-16H2,1H3,(H2,27,28,33,34);3-8,13,34H,2,11-12,14-15H2,1H3,(H2,26,27,32,33)/t28-;27-;26-;25-/m1111/s1. The fourth-order valence-corrected chi connectivity index (χ4v) is 19.7. The van der Waals surface area contributed by atoms with Crippen LogP contribution in [0, 0.1) is 47.4 Å². The fraction of sp³-hybridized carbons (Fsp3) is 0.321. The zero-order chi connectivity index (χ0) is 105. The molecule has 0 bridgehead atoms. The molecule has 766 valence electrons. The number of carbonyl (C=O) groups is 12. The molecular formula is C106H106N22O20S. The summed E-state index contributed by atoms with van der Waals surface area (Å²) >= 11 is 1.86. The van der Waals surface area contributed by atoms with Crippen molar-refractivity contribution in [2.75, 3.05) is 159 Å². The molecule has 0 aromatic heterocycles. The number of nitrogens with one attached hydrogen (secondary N) is 8. The number of methoxy groups -OCH3 is 4. The number of amidine groups is 4. The van der Waals surface area contributed by atoms with E-state index in [2.05, 4.69) is 132 Å². The average molecular weight is 2040 g/mol. The minimum absolute atomic E-state index is 0.109. The van der Waals surface area contributed by atoms with Gasteiger partial charge in [0.05, 0.1) is 54.6 Å². The van der Waals surface area contributed by atoms with Crippen molar-refractivity contribution in [3.8, 4) is 70.4 Å². The number of oxime groups is 4. The van der Waals surface area contributed by atoms with Crippen molar-refractivity contribution in [3.63, 3.8) is 0 Å². The molecule has 4 atom stereocenters. The predicted octanol–water partition coefficient (Wildman–Crippen LogP) is 4.31. The lowest BCUT2D eigenvalue weighted by molar-refractivity contribution is -0.123. The second-order valence-electron chi connectivity index (χ2n) is 36.9. The molecule has 43 heteroatoms. The number of ether oxygens (including phenoxy) is 4. The Kier molecular flexibility index (Phi) is 30.6. The third-order valence-corrected chi connectivity index (χ3v) is 28.1. The van der Waals surface area contributed by atoms with Crippen molar-refractivity contribution >= 4 is 106 Å². The lowest BCUT2D eigenvalue weighted by Crippen LogP contribution is -2.54. The second kappa shape index (κ2) is 44.4. The van der Waals surface area contributed by atoms with E-state index in [0.29, 0.717) is 103 Å². The number of imide groups is 4. The number of likely N-dealkylation sites (tertiary alicyclic amines) is 1. The van der Waals surface area contributed by atoms with Crippen molar-refractivity contribution < 1.29 is 97.3 Å². The number of hydrogen-bond donors (Lipinski definition) is 12. The quantitative estimate of drug-likeness (QED) is 0.0160. The maximum Gasteiger partial charge on any atom is 0.323 e. The van der Waals surface area contributed by atoms with Gasteiger partial charge in [-0.3, -0.25) is 59.6 Å². The number of thioether (sulfide) groups is 1. The van der Waals surface area contributed by atoms with Gasteiger partial charge in [-0.25, -0.2) is 19.2 Å². The number of benzene rings is 8. The minimum atomic E-state index is -1.62. The Balaban J connectivity index is 0.000000135. The summed E-state index contributed by atoms with van der Waals surface area (Å²) < 4.78 is 20.9. The molecule has 0 unspecified atom stereocenters. The van der Waals surface area contributed by atoms with Gasteiger partial charge in [-0.05, 0) is 189 Å². The van der Waals surface area contributed by atoms with Crippen LogP contribution in [0.15, 0.2) is 190 Å². The molecular weight excluding hydrogens is 1930 g/mol. The highest BCUT2D eigenvalue weighted by Gasteiger charge is 2.53. The first kappa shape index (κ1) is 103. The summed E-state index contributed by atoms with van der Waals surface area (Å²) in [4.78, 5) is 171. The van der Waals surface area contributed by atoms with Crippen LogP contribution in [0.2, 0.25) is 0 Å². The van der Waals surface area contributed by atoms with Gasteiger partial charge in [-0.2, -0.15) is 11.8 Å². The summed E-state index contributed by atoms with van der Waals surface area (Å²) in [6, 6.07) is 46.8. The number of likely N-dealkylation sites (N-methyl/N-ethyl adjacent to an activating group) is 2.